The minimum atomic E-state index is -0.872. The van der Waals surface area contributed by atoms with Crippen LogP contribution >= 0.6 is 35.0 Å². The lowest BCUT2D eigenvalue weighted by Gasteiger charge is -2.42. The molecule has 5 atom stereocenters. The predicted molar refractivity (Wildman–Crippen MR) is 88.7 cm³/mol. The summed E-state index contributed by atoms with van der Waals surface area (Å²) in [6, 6.07) is 2.80. The fourth-order valence-electron chi connectivity index (χ4n) is 2.46. The zero-order valence-corrected chi connectivity index (χ0v) is 14.8. The van der Waals surface area contributed by atoms with Crippen molar-refractivity contribution in [2.45, 2.75) is 35.6 Å². The van der Waals surface area contributed by atoms with Gasteiger partial charge in [0.15, 0.2) is 5.82 Å². The Labute approximate surface area is 148 Å². The molecule has 1 saturated heterocycles. The van der Waals surface area contributed by atoms with Crippen molar-refractivity contribution in [3.05, 3.63) is 40.3 Å². The maximum atomic E-state index is 13.5. The van der Waals surface area contributed by atoms with Crippen LogP contribution in [-0.2, 0) is 9.47 Å². The van der Waals surface area contributed by atoms with Gasteiger partial charge in [0.25, 0.3) is 0 Å². The van der Waals surface area contributed by atoms with Crippen LogP contribution in [0.5, 0.6) is 0 Å². The highest BCUT2D eigenvalue weighted by Crippen LogP contribution is 2.40. The van der Waals surface area contributed by atoms with Gasteiger partial charge in [-0.3, -0.25) is 0 Å². The van der Waals surface area contributed by atoms with Crippen molar-refractivity contribution in [1.29, 1.82) is 0 Å². The van der Waals surface area contributed by atoms with Crippen LogP contribution < -0.4 is 0 Å². The molecule has 0 radical (unpaired) electrons. The van der Waals surface area contributed by atoms with Crippen molar-refractivity contribution < 1.29 is 24.1 Å². The van der Waals surface area contributed by atoms with E-state index in [0.29, 0.717) is 4.90 Å². The first-order valence-corrected chi connectivity index (χ1v) is 8.45. The van der Waals surface area contributed by atoms with Crippen molar-refractivity contribution in [3.8, 4) is 0 Å². The molecular formula is C15H17Cl2FO4S. The highest BCUT2D eigenvalue weighted by atomic mass is 35.5. The summed E-state index contributed by atoms with van der Waals surface area (Å²) < 4.78 is 24.5. The monoisotopic (exact) mass is 382 g/mol. The summed E-state index contributed by atoms with van der Waals surface area (Å²) in [7, 11) is 1.47. The Hall–Kier alpha value is -0.500. The first kappa shape index (κ1) is 18.8. The van der Waals surface area contributed by atoms with Gasteiger partial charge in [-0.05, 0) is 12.1 Å². The zero-order chi connectivity index (χ0) is 17.3. The molecule has 23 heavy (non-hydrogen) atoms. The predicted octanol–water partition coefficient (Wildman–Crippen LogP) is 4.03. The summed E-state index contributed by atoms with van der Waals surface area (Å²) in [4.78, 5) is 0.538. The molecule has 1 aliphatic heterocycles. The minimum Gasteiger partial charge on any atom is -0.510 e. The molecule has 1 fully saturated rings. The molecule has 0 aromatic heterocycles. The second-order valence-electron chi connectivity index (χ2n) is 5.29. The number of aliphatic hydroxyl groups excluding tert-OH is 2. The number of rotatable bonds is 4. The van der Waals surface area contributed by atoms with Gasteiger partial charge < -0.3 is 19.7 Å². The number of hydrogen-bond donors (Lipinski definition) is 2. The lowest BCUT2D eigenvalue weighted by molar-refractivity contribution is -0.172. The molecule has 2 N–H and O–H groups in total. The van der Waals surface area contributed by atoms with E-state index in [-0.39, 0.29) is 21.7 Å². The average molecular weight is 383 g/mol. The molecule has 0 amide bonds. The Balaban J connectivity index is 2.24. The van der Waals surface area contributed by atoms with Gasteiger partial charge in [0, 0.05) is 17.9 Å². The topological polar surface area (TPSA) is 58.9 Å². The molecular weight excluding hydrogens is 366 g/mol. The van der Waals surface area contributed by atoms with Crippen LogP contribution in [0.25, 0.3) is 0 Å². The third kappa shape index (κ3) is 3.95. The van der Waals surface area contributed by atoms with Gasteiger partial charge in [-0.15, -0.1) is 0 Å². The number of hydrogen-bond acceptors (Lipinski definition) is 5. The van der Waals surface area contributed by atoms with Gasteiger partial charge in [0.1, 0.15) is 17.3 Å². The maximum absolute atomic E-state index is 13.5. The van der Waals surface area contributed by atoms with E-state index in [2.05, 4.69) is 6.58 Å². The summed E-state index contributed by atoms with van der Waals surface area (Å²) in [6.07, 6.45) is -2.18. The van der Waals surface area contributed by atoms with Gasteiger partial charge >= 0.3 is 0 Å². The molecule has 128 valence electrons. The normalized spacial score (nSPS) is 31.1. The van der Waals surface area contributed by atoms with E-state index in [9.17, 15) is 14.6 Å². The fourth-order valence-corrected chi connectivity index (χ4v) is 4.28. The first-order chi connectivity index (χ1) is 10.8. The van der Waals surface area contributed by atoms with Crippen molar-refractivity contribution >= 4 is 35.0 Å². The summed E-state index contributed by atoms with van der Waals surface area (Å²) in [6.45, 7) is 5.27. The Bertz CT molecular complexity index is 578. The van der Waals surface area contributed by atoms with E-state index in [1.165, 1.54) is 19.2 Å². The average Bonchev–Trinajstić information content (AvgIpc) is 2.49. The third-order valence-electron chi connectivity index (χ3n) is 3.73. The van der Waals surface area contributed by atoms with Crippen LogP contribution in [0.3, 0.4) is 0 Å². The standard InChI is InChI=1S/C15H17Cl2FO4S/c1-6-12(20)15(22-14(7(2)19)13(6)21-3)23-8-4-9(16)11(18)10(17)5-8/h4-6,12-15,19-20H,2H2,1,3H3/t6?,12?,13-,14?,15-/m1/s1. The molecule has 2 rings (SSSR count). The second kappa shape index (κ2) is 7.59. The molecule has 0 bridgehead atoms. The van der Waals surface area contributed by atoms with Gasteiger partial charge in [-0.1, -0.05) is 48.5 Å². The summed E-state index contributed by atoms with van der Waals surface area (Å²) in [5, 5.41) is 19.9. The molecule has 0 spiro atoms. The van der Waals surface area contributed by atoms with Crippen LogP contribution in [0.15, 0.2) is 29.4 Å². The van der Waals surface area contributed by atoms with E-state index in [1.54, 1.807) is 6.92 Å². The molecule has 4 nitrogen and oxygen atoms in total. The molecule has 8 heteroatoms. The van der Waals surface area contributed by atoms with Crippen LogP contribution in [0.4, 0.5) is 4.39 Å². The largest absolute Gasteiger partial charge is 0.510 e. The maximum Gasteiger partial charge on any atom is 0.160 e. The molecule has 1 aromatic carbocycles. The molecule has 1 aromatic rings. The molecule has 1 heterocycles. The minimum absolute atomic E-state index is 0.115. The van der Waals surface area contributed by atoms with Crippen LogP contribution in [0.1, 0.15) is 6.92 Å². The van der Waals surface area contributed by atoms with Crippen LogP contribution in [-0.4, -0.2) is 41.1 Å². The first-order valence-electron chi connectivity index (χ1n) is 6.81. The number of benzene rings is 1. The Morgan fingerprint density at radius 3 is 2.43 bits per heavy atom. The molecule has 0 aliphatic carbocycles. The summed E-state index contributed by atoms with van der Waals surface area (Å²) in [5.74, 6) is -1.19. The molecule has 1 aliphatic rings. The highest BCUT2D eigenvalue weighted by Gasteiger charge is 2.44. The van der Waals surface area contributed by atoms with E-state index in [4.69, 9.17) is 32.7 Å². The third-order valence-corrected chi connectivity index (χ3v) is 5.41. The number of halogens is 3. The van der Waals surface area contributed by atoms with E-state index in [1.807, 2.05) is 0 Å². The SMILES string of the molecule is C=C(O)C1O[C@H](Sc2cc(Cl)c(F)c(Cl)c2)C(O)C(C)[C@H]1OC. The zero-order valence-electron chi connectivity index (χ0n) is 12.5. The number of ether oxygens (including phenoxy) is 2. The number of aliphatic hydroxyl groups is 2. The van der Waals surface area contributed by atoms with E-state index in [0.717, 1.165) is 11.8 Å². The van der Waals surface area contributed by atoms with Gasteiger partial charge in [0.05, 0.1) is 22.3 Å². The Morgan fingerprint density at radius 1 is 1.39 bits per heavy atom. The lowest BCUT2D eigenvalue weighted by atomic mass is 9.90. The Kier molecular flexibility index (Phi) is 6.22. The quantitative estimate of drug-likeness (QED) is 0.607. The fraction of sp³-hybridized carbons (Fsp3) is 0.467. The van der Waals surface area contributed by atoms with Crippen molar-refractivity contribution in [2.75, 3.05) is 7.11 Å². The van der Waals surface area contributed by atoms with Crippen molar-refractivity contribution in [3.63, 3.8) is 0 Å². The van der Waals surface area contributed by atoms with Crippen LogP contribution in [0.2, 0.25) is 10.0 Å². The molecule has 0 saturated carbocycles. The number of thioether (sulfide) groups is 1. The summed E-state index contributed by atoms with van der Waals surface area (Å²) >= 11 is 12.7. The highest BCUT2D eigenvalue weighted by molar-refractivity contribution is 7.99. The van der Waals surface area contributed by atoms with Crippen LogP contribution in [0, 0.1) is 11.7 Å². The van der Waals surface area contributed by atoms with Crippen molar-refractivity contribution in [2.24, 2.45) is 5.92 Å². The number of methoxy groups -OCH3 is 1. The lowest BCUT2D eigenvalue weighted by Crippen LogP contribution is -2.53. The van der Waals surface area contributed by atoms with Gasteiger partial charge in [0.2, 0.25) is 0 Å². The van der Waals surface area contributed by atoms with E-state index < -0.39 is 29.6 Å². The smallest absolute Gasteiger partial charge is 0.160 e. The molecule has 3 unspecified atom stereocenters. The Morgan fingerprint density at radius 2 is 1.96 bits per heavy atom. The van der Waals surface area contributed by atoms with E-state index >= 15 is 0 Å². The second-order valence-corrected chi connectivity index (χ2v) is 7.27. The van der Waals surface area contributed by atoms with Crippen molar-refractivity contribution in [1.82, 2.24) is 0 Å². The van der Waals surface area contributed by atoms with Gasteiger partial charge in [-0.2, -0.15) is 0 Å². The van der Waals surface area contributed by atoms with Gasteiger partial charge in [-0.25, -0.2) is 4.39 Å². The summed E-state index contributed by atoms with van der Waals surface area (Å²) in [5.41, 5.74) is -0.720.